The van der Waals surface area contributed by atoms with Crippen LogP contribution < -0.4 is 15.1 Å². The van der Waals surface area contributed by atoms with E-state index in [0.717, 1.165) is 34.3 Å². The van der Waals surface area contributed by atoms with Crippen LogP contribution >= 0.6 is 0 Å². The lowest BCUT2D eigenvalue weighted by Gasteiger charge is -2.42. The van der Waals surface area contributed by atoms with Crippen LogP contribution in [0.15, 0.2) is 54.1 Å². The number of barbiturate groups is 1. The highest BCUT2D eigenvalue weighted by molar-refractivity contribution is 6.39. The lowest BCUT2D eigenvalue weighted by Crippen LogP contribution is -2.54. The van der Waals surface area contributed by atoms with Gasteiger partial charge in [-0.25, -0.2) is 14.1 Å². The Labute approximate surface area is 186 Å². The van der Waals surface area contributed by atoms with Gasteiger partial charge in [0, 0.05) is 17.8 Å². The fourth-order valence-corrected chi connectivity index (χ4v) is 4.44. The molecule has 1 saturated heterocycles. The standard InChI is InChI=1S/C25H24FN3O3/c1-5-28-21-10-9-16(11-19(21)15(2)14-25(28,3)4)12-20-22(30)27-24(32)29(23(20)31)18-8-6-7-17(26)13-18/h6-14H,5H2,1-4H3,(H,27,30,32)/b20-12+. The average Bonchev–Trinajstić information content (AvgIpc) is 2.71. The SMILES string of the molecule is CCN1c2ccc(/C=C3\C(=O)NC(=O)N(c4cccc(F)c4)C3=O)cc2C(C)=CC1(C)C. The summed E-state index contributed by atoms with van der Waals surface area (Å²) < 4.78 is 13.6. The van der Waals surface area contributed by atoms with Gasteiger partial charge in [-0.1, -0.05) is 18.2 Å². The van der Waals surface area contributed by atoms with Gasteiger partial charge in [0.15, 0.2) is 0 Å². The van der Waals surface area contributed by atoms with Crippen molar-refractivity contribution in [2.75, 3.05) is 16.3 Å². The van der Waals surface area contributed by atoms with Crippen molar-refractivity contribution in [1.82, 2.24) is 5.32 Å². The number of carbonyl (C=O) groups is 3. The van der Waals surface area contributed by atoms with Crippen LogP contribution in [0.5, 0.6) is 0 Å². The first-order chi connectivity index (χ1) is 15.1. The molecule has 0 radical (unpaired) electrons. The van der Waals surface area contributed by atoms with Crippen LogP contribution in [-0.4, -0.2) is 29.9 Å². The van der Waals surface area contributed by atoms with Crippen LogP contribution in [0.25, 0.3) is 11.6 Å². The third kappa shape index (κ3) is 3.60. The summed E-state index contributed by atoms with van der Waals surface area (Å²) in [7, 11) is 0. The van der Waals surface area contributed by atoms with E-state index in [0.29, 0.717) is 5.56 Å². The summed E-state index contributed by atoms with van der Waals surface area (Å²) >= 11 is 0. The number of fused-ring (bicyclic) bond motifs is 1. The first-order valence-corrected chi connectivity index (χ1v) is 10.4. The lowest BCUT2D eigenvalue weighted by atomic mass is 9.88. The van der Waals surface area contributed by atoms with Gasteiger partial charge in [-0.05, 0) is 75.2 Å². The summed E-state index contributed by atoms with van der Waals surface area (Å²) in [5.74, 6) is -2.18. The maximum Gasteiger partial charge on any atom is 0.335 e. The number of nitrogens with one attached hydrogen (secondary N) is 1. The van der Waals surface area contributed by atoms with Crippen molar-refractivity contribution >= 4 is 40.9 Å². The number of imide groups is 2. The summed E-state index contributed by atoms with van der Waals surface area (Å²) in [5.41, 5.74) is 3.58. The van der Waals surface area contributed by atoms with Gasteiger partial charge in [-0.3, -0.25) is 14.9 Å². The molecule has 2 aromatic carbocycles. The van der Waals surface area contributed by atoms with E-state index in [4.69, 9.17) is 0 Å². The molecular formula is C25H24FN3O3. The summed E-state index contributed by atoms with van der Waals surface area (Å²) in [5, 5.41) is 2.16. The molecule has 0 saturated carbocycles. The molecule has 164 valence electrons. The fraction of sp³-hybridized carbons (Fsp3) is 0.240. The molecule has 0 aromatic heterocycles. The van der Waals surface area contributed by atoms with Crippen molar-refractivity contribution in [2.24, 2.45) is 0 Å². The number of carbonyl (C=O) groups excluding carboxylic acids is 3. The number of amides is 4. The Bertz CT molecular complexity index is 1210. The van der Waals surface area contributed by atoms with Crippen molar-refractivity contribution in [3.63, 3.8) is 0 Å². The summed E-state index contributed by atoms with van der Waals surface area (Å²) in [4.78, 5) is 40.8. The van der Waals surface area contributed by atoms with E-state index in [2.05, 4.69) is 37.1 Å². The van der Waals surface area contributed by atoms with Gasteiger partial charge >= 0.3 is 6.03 Å². The average molecular weight is 433 g/mol. The molecule has 0 unspecified atom stereocenters. The maximum atomic E-state index is 13.6. The van der Waals surface area contributed by atoms with Gasteiger partial charge in [0.1, 0.15) is 11.4 Å². The highest BCUT2D eigenvalue weighted by Crippen LogP contribution is 2.39. The number of likely N-dealkylation sites (N-methyl/N-ethyl adjacent to an activating group) is 1. The van der Waals surface area contributed by atoms with Crippen molar-refractivity contribution in [3.05, 3.63) is 71.1 Å². The Morgan fingerprint density at radius 2 is 1.84 bits per heavy atom. The van der Waals surface area contributed by atoms with Gasteiger partial charge in [-0.15, -0.1) is 0 Å². The topological polar surface area (TPSA) is 69.7 Å². The van der Waals surface area contributed by atoms with Crippen LogP contribution in [0, 0.1) is 5.82 Å². The molecule has 0 atom stereocenters. The zero-order valence-corrected chi connectivity index (χ0v) is 18.4. The minimum absolute atomic E-state index is 0.0518. The molecule has 0 spiro atoms. The highest BCUT2D eigenvalue weighted by atomic mass is 19.1. The van der Waals surface area contributed by atoms with Gasteiger partial charge in [-0.2, -0.15) is 0 Å². The van der Waals surface area contributed by atoms with Crippen LogP contribution in [-0.2, 0) is 9.59 Å². The zero-order chi connectivity index (χ0) is 23.2. The van der Waals surface area contributed by atoms with Crippen LogP contribution in [0.4, 0.5) is 20.6 Å². The van der Waals surface area contributed by atoms with Crippen molar-refractivity contribution in [3.8, 4) is 0 Å². The predicted molar refractivity (Wildman–Crippen MR) is 123 cm³/mol. The zero-order valence-electron chi connectivity index (χ0n) is 18.4. The second-order valence-electron chi connectivity index (χ2n) is 8.44. The normalized spacial score (nSPS) is 19.1. The predicted octanol–water partition coefficient (Wildman–Crippen LogP) is 4.51. The molecule has 2 aromatic rings. The van der Waals surface area contributed by atoms with Crippen LogP contribution in [0.1, 0.15) is 38.8 Å². The van der Waals surface area contributed by atoms with Gasteiger partial charge in [0.05, 0.1) is 11.2 Å². The van der Waals surface area contributed by atoms with Crippen LogP contribution in [0.2, 0.25) is 0 Å². The number of hydrogen-bond acceptors (Lipinski definition) is 4. The second kappa shape index (κ2) is 7.75. The molecule has 7 heteroatoms. The monoisotopic (exact) mass is 433 g/mol. The third-order valence-electron chi connectivity index (χ3n) is 5.80. The number of anilines is 2. The smallest absolute Gasteiger partial charge is 0.335 e. The Hall–Kier alpha value is -3.74. The molecule has 32 heavy (non-hydrogen) atoms. The summed E-state index contributed by atoms with van der Waals surface area (Å²) in [6, 6.07) is 9.94. The molecule has 6 nitrogen and oxygen atoms in total. The van der Waals surface area contributed by atoms with Gasteiger partial charge in [0.25, 0.3) is 11.8 Å². The summed E-state index contributed by atoms with van der Waals surface area (Å²) in [6.07, 6.45) is 3.65. The van der Waals surface area contributed by atoms with Crippen molar-refractivity contribution < 1.29 is 18.8 Å². The molecule has 2 heterocycles. The number of hydrogen-bond donors (Lipinski definition) is 1. The molecular weight excluding hydrogens is 409 g/mol. The molecule has 1 N–H and O–H groups in total. The highest BCUT2D eigenvalue weighted by Gasteiger charge is 2.37. The number of allylic oxidation sites excluding steroid dienone is 1. The minimum Gasteiger partial charge on any atom is -0.363 e. The molecule has 2 aliphatic heterocycles. The number of benzene rings is 2. The van der Waals surface area contributed by atoms with E-state index >= 15 is 0 Å². The largest absolute Gasteiger partial charge is 0.363 e. The lowest BCUT2D eigenvalue weighted by molar-refractivity contribution is -0.122. The van der Waals surface area contributed by atoms with E-state index < -0.39 is 23.7 Å². The van der Waals surface area contributed by atoms with Gasteiger partial charge in [0.2, 0.25) is 0 Å². The minimum atomic E-state index is -0.909. The van der Waals surface area contributed by atoms with E-state index in [1.807, 2.05) is 25.1 Å². The van der Waals surface area contributed by atoms with Gasteiger partial charge < -0.3 is 4.90 Å². The Kier molecular flexibility index (Phi) is 5.20. The van der Waals surface area contributed by atoms with E-state index in [9.17, 15) is 18.8 Å². The van der Waals surface area contributed by atoms with Crippen molar-refractivity contribution in [1.29, 1.82) is 0 Å². The van der Waals surface area contributed by atoms with E-state index in [1.165, 1.54) is 24.3 Å². The Balaban J connectivity index is 1.75. The number of rotatable bonds is 3. The third-order valence-corrected chi connectivity index (χ3v) is 5.80. The van der Waals surface area contributed by atoms with E-state index in [1.54, 1.807) is 0 Å². The number of halogens is 1. The first kappa shape index (κ1) is 21.5. The molecule has 2 aliphatic rings. The number of nitrogens with zero attached hydrogens (tertiary/aromatic N) is 2. The Morgan fingerprint density at radius 1 is 1.09 bits per heavy atom. The van der Waals surface area contributed by atoms with Crippen LogP contribution in [0.3, 0.4) is 0 Å². The molecule has 1 fully saturated rings. The second-order valence-corrected chi connectivity index (χ2v) is 8.44. The molecule has 4 amide bonds. The maximum absolute atomic E-state index is 13.6. The first-order valence-electron chi connectivity index (χ1n) is 10.4. The number of urea groups is 1. The molecule has 4 rings (SSSR count). The Morgan fingerprint density at radius 3 is 2.53 bits per heavy atom. The fourth-order valence-electron chi connectivity index (χ4n) is 4.44. The quantitative estimate of drug-likeness (QED) is 0.571. The molecule has 0 aliphatic carbocycles. The van der Waals surface area contributed by atoms with E-state index in [-0.39, 0.29) is 16.8 Å². The molecule has 0 bridgehead atoms. The summed E-state index contributed by atoms with van der Waals surface area (Å²) in [6.45, 7) is 9.27. The van der Waals surface area contributed by atoms with Crippen molar-refractivity contribution in [2.45, 2.75) is 33.2 Å².